The summed E-state index contributed by atoms with van der Waals surface area (Å²) in [5, 5.41) is 6.32. The van der Waals surface area contributed by atoms with Crippen molar-refractivity contribution in [3.63, 3.8) is 0 Å². The summed E-state index contributed by atoms with van der Waals surface area (Å²) in [7, 11) is 0. The van der Waals surface area contributed by atoms with Crippen LogP contribution in [0.2, 0.25) is 5.02 Å². The largest absolute Gasteiger partial charge is 0.444 e. The number of carbonyl (C=O) groups excluding carboxylic acids is 2. The minimum absolute atomic E-state index is 0.141. The molecule has 1 N–H and O–H groups in total. The van der Waals surface area contributed by atoms with Crippen LogP contribution in [-0.4, -0.2) is 17.0 Å². The Morgan fingerprint density at radius 1 is 1.19 bits per heavy atom. The Kier molecular flexibility index (Phi) is 5.52. The first-order chi connectivity index (χ1) is 12.9. The van der Waals surface area contributed by atoms with E-state index < -0.39 is 23.8 Å². The third-order valence-electron chi connectivity index (χ3n) is 3.60. The molecule has 27 heavy (non-hydrogen) atoms. The summed E-state index contributed by atoms with van der Waals surface area (Å²) < 4.78 is 24.2. The Balaban J connectivity index is 1.86. The molecular formula is C19H14ClFN2O4. The van der Waals surface area contributed by atoms with Crippen LogP contribution in [0.5, 0.6) is 0 Å². The quantitative estimate of drug-likeness (QED) is 0.658. The standard InChI is InChI=1S/C19H14ClFN2O4/c1-11-9-16(23-27-11)22-18(24)17(12-5-3-2-4-6-12)26-19(25)14-8-7-13(20)10-15(14)21/h2-10,17H,1H3,(H,22,23,24). The van der Waals surface area contributed by atoms with Gasteiger partial charge in [0.1, 0.15) is 11.6 Å². The maximum absolute atomic E-state index is 14.0. The van der Waals surface area contributed by atoms with Gasteiger partial charge in [0.15, 0.2) is 5.82 Å². The molecule has 6 nitrogen and oxygen atoms in total. The van der Waals surface area contributed by atoms with E-state index in [0.29, 0.717) is 11.3 Å². The lowest BCUT2D eigenvalue weighted by Crippen LogP contribution is -2.26. The van der Waals surface area contributed by atoms with Crippen LogP contribution in [0, 0.1) is 12.7 Å². The first kappa shape index (κ1) is 18.6. The number of hydrogen-bond donors (Lipinski definition) is 1. The highest BCUT2D eigenvalue weighted by molar-refractivity contribution is 6.30. The highest BCUT2D eigenvalue weighted by Crippen LogP contribution is 2.23. The Labute approximate surface area is 158 Å². The van der Waals surface area contributed by atoms with Crippen molar-refractivity contribution in [2.75, 3.05) is 5.32 Å². The van der Waals surface area contributed by atoms with Gasteiger partial charge in [0.05, 0.1) is 5.56 Å². The van der Waals surface area contributed by atoms with E-state index in [1.165, 1.54) is 18.2 Å². The van der Waals surface area contributed by atoms with E-state index >= 15 is 0 Å². The van der Waals surface area contributed by atoms with E-state index in [0.717, 1.165) is 6.07 Å². The van der Waals surface area contributed by atoms with Crippen LogP contribution < -0.4 is 5.32 Å². The van der Waals surface area contributed by atoms with Crippen LogP contribution in [0.1, 0.15) is 27.8 Å². The summed E-state index contributed by atoms with van der Waals surface area (Å²) >= 11 is 5.69. The minimum atomic E-state index is -1.31. The van der Waals surface area contributed by atoms with Crippen LogP contribution in [0.25, 0.3) is 0 Å². The van der Waals surface area contributed by atoms with E-state index in [2.05, 4.69) is 10.5 Å². The smallest absolute Gasteiger partial charge is 0.342 e. The lowest BCUT2D eigenvalue weighted by molar-refractivity contribution is -0.125. The van der Waals surface area contributed by atoms with Crippen molar-refractivity contribution >= 4 is 29.3 Å². The maximum atomic E-state index is 14.0. The molecule has 2 aromatic carbocycles. The first-order valence-corrected chi connectivity index (χ1v) is 8.27. The third kappa shape index (κ3) is 4.51. The Morgan fingerprint density at radius 3 is 2.56 bits per heavy atom. The van der Waals surface area contributed by atoms with Gasteiger partial charge in [-0.25, -0.2) is 9.18 Å². The average molecular weight is 389 g/mol. The zero-order chi connectivity index (χ0) is 19.4. The highest BCUT2D eigenvalue weighted by atomic mass is 35.5. The third-order valence-corrected chi connectivity index (χ3v) is 3.83. The molecule has 0 aliphatic heterocycles. The second-order valence-corrected chi connectivity index (χ2v) is 6.07. The SMILES string of the molecule is Cc1cc(NC(=O)C(OC(=O)c2ccc(Cl)cc2F)c2ccccc2)no1. The number of esters is 1. The van der Waals surface area contributed by atoms with Gasteiger partial charge in [0.2, 0.25) is 6.10 Å². The molecule has 3 rings (SSSR count). The summed E-state index contributed by atoms with van der Waals surface area (Å²) in [6.45, 7) is 1.67. The molecule has 138 valence electrons. The van der Waals surface area contributed by atoms with E-state index in [4.69, 9.17) is 20.9 Å². The number of amides is 1. The van der Waals surface area contributed by atoms with Crippen molar-refractivity contribution in [2.45, 2.75) is 13.0 Å². The number of nitrogens with zero attached hydrogens (tertiary/aromatic N) is 1. The highest BCUT2D eigenvalue weighted by Gasteiger charge is 2.27. The average Bonchev–Trinajstić information content (AvgIpc) is 3.04. The van der Waals surface area contributed by atoms with Gasteiger partial charge in [-0.2, -0.15) is 0 Å². The number of hydrogen-bond acceptors (Lipinski definition) is 5. The molecule has 1 amide bonds. The van der Waals surface area contributed by atoms with Gasteiger partial charge in [-0.3, -0.25) is 4.79 Å². The van der Waals surface area contributed by atoms with Crippen molar-refractivity contribution in [3.8, 4) is 0 Å². The number of halogens is 2. The predicted octanol–water partition coefficient (Wildman–Crippen LogP) is 4.31. The maximum Gasteiger partial charge on any atom is 0.342 e. The number of ether oxygens (including phenoxy) is 1. The van der Waals surface area contributed by atoms with E-state index in [9.17, 15) is 14.0 Å². The molecule has 0 radical (unpaired) electrons. The molecular weight excluding hydrogens is 375 g/mol. The second kappa shape index (κ2) is 8.01. The summed E-state index contributed by atoms with van der Waals surface area (Å²) in [6.07, 6.45) is -1.31. The number of benzene rings is 2. The molecule has 0 aliphatic rings. The molecule has 3 aromatic rings. The molecule has 0 saturated carbocycles. The molecule has 0 aliphatic carbocycles. The monoisotopic (exact) mass is 388 g/mol. The van der Waals surface area contributed by atoms with Crippen LogP contribution in [-0.2, 0) is 9.53 Å². The zero-order valence-electron chi connectivity index (χ0n) is 14.1. The molecule has 0 bridgehead atoms. The van der Waals surface area contributed by atoms with E-state index in [1.807, 2.05) is 0 Å². The molecule has 1 aromatic heterocycles. The van der Waals surface area contributed by atoms with Gasteiger partial charge in [0.25, 0.3) is 5.91 Å². The van der Waals surface area contributed by atoms with Gasteiger partial charge in [-0.1, -0.05) is 47.1 Å². The molecule has 1 heterocycles. The molecule has 1 unspecified atom stereocenters. The molecule has 0 saturated heterocycles. The molecule has 8 heteroatoms. The Morgan fingerprint density at radius 2 is 1.93 bits per heavy atom. The molecule has 0 fully saturated rings. The number of rotatable bonds is 5. The van der Waals surface area contributed by atoms with Crippen molar-refractivity contribution in [1.82, 2.24) is 5.16 Å². The van der Waals surface area contributed by atoms with Crippen LogP contribution in [0.4, 0.5) is 10.2 Å². The second-order valence-electron chi connectivity index (χ2n) is 5.63. The fourth-order valence-corrected chi connectivity index (χ4v) is 2.50. The van der Waals surface area contributed by atoms with Crippen molar-refractivity contribution in [1.29, 1.82) is 0 Å². The predicted molar refractivity (Wildman–Crippen MR) is 95.9 cm³/mol. The van der Waals surface area contributed by atoms with Gasteiger partial charge in [-0.15, -0.1) is 0 Å². The lowest BCUT2D eigenvalue weighted by atomic mass is 10.1. The fourth-order valence-electron chi connectivity index (χ4n) is 2.34. The fraction of sp³-hybridized carbons (Fsp3) is 0.105. The summed E-state index contributed by atoms with van der Waals surface area (Å²) in [4.78, 5) is 25.0. The van der Waals surface area contributed by atoms with Gasteiger partial charge in [-0.05, 0) is 25.1 Å². The minimum Gasteiger partial charge on any atom is -0.444 e. The van der Waals surface area contributed by atoms with Gasteiger partial charge < -0.3 is 14.6 Å². The summed E-state index contributed by atoms with van der Waals surface area (Å²) in [5.41, 5.74) is 0.0864. The number of anilines is 1. The van der Waals surface area contributed by atoms with Gasteiger partial charge >= 0.3 is 5.97 Å². The topological polar surface area (TPSA) is 81.4 Å². The van der Waals surface area contributed by atoms with Crippen LogP contribution in [0.15, 0.2) is 59.1 Å². The number of nitrogens with one attached hydrogen (secondary N) is 1. The summed E-state index contributed by atoms with van der Waals surface area (Å²) in [5.74, 6) is -1.82. The lowest BCUT2D eigenvalue weighted by Gasteiger charge is -2.17. The molecule has 0 spiro atoms. The van der Waals surface area contributed by atoms with Crippen molar-refractivity contribution in [2.24, 2.45) is 0 Å². The number of aromatic nitrogens is 1. The summed E-state index contributed by atoms with van der Waals surface area (Å²) in [6, 6.07) is 13.4. The van der Waals surface area contributed by atoms with Gasteiger partial charge in [0, 0.05) is 16.7 Å². The van der Waals surface area contributed by atoms with Crippen molar-refractivity contribution < 1.29 is 23.2 Å². The molecule has 1 atom stereocenters. The Bertz CT molecular complexity index is 975. The number of carbonyl (C=O) groups is 2. The van der Waals surface area contributed by atoms with E-state index in [1.54, 1.807) is 37.3 Å². The first-order valence-electron chi connectivity index (χ1n) is 7.89. The van der Waals surface area contributed by atoms with E-state index in [-0.39, 0.29) is 16.4 Å². The van der Waals surface area contributed by atoms with Crippen LogP contribution >= 0.6 is 11.6 Å². The Hall–Kier alpha value is -3.19. The van der Waals surface area contributed by atoms with Crippen molar-refractivity contribution in [3.05, 3.63) is 82.3 Å². The normalized spacial score (nSPS) is 11.7. The number of aryl methyl sites for hydroxylation is 1. The van der Waals surface area contributed by atoms with Crippen LogP contribution in [0.3, 0.4) is 0 Å². The zero-order valence-corrected chi connectivity index (χ0v) is 14.9.